The summed E-state index contributed by atoms with van der Waals surface area (Å²) in [6.07, 6.45) is 5.80. The molecule has 84 valence electrons. The number of pyridine rings is 1. The summed E-state index contributed by atoms with van der Waals surface area (Å²) in [5, 5.41) is 1.16. The molecule has 0 aliphatic carbocycles. The zero-order valence-electron chi connectivity index (χ0n) is 9.67. The highest BCUT2D eigenvalue weighted by molar-refractivity contribution is 5.83. The first-order valence-corrected chi connectivity index (χ1v) is 5.64. The third-order valence-electron chi connectivity index (χ3n) is 2.89. The molecule has 3 nitrogen and oxygen atoms in total. The van der Waals surface area contributed by atoms with Gasteiger partial charge in [-0.05, 0) is 25.1 Å². The molecule has 0 amide bonds. The Balaban J connectivity index is 2.13. The van der Waals surface area contributed by atoms with Crippen LogP contribution in [-0.4, -0.2) is 17.9 Å². The molecular weight excluding hydrogens is 210 g/mol. The van der Waals surface area contributed by atoms with Crippen molar-refractivity contribution in [2.45, 2.75) is 6.92 Å². The van der Waals surface area contributed by atoms with Crippen LogP contribution in [0.25, 0.3) is 10.9 Å². The van der Waals surface area contributed by atoms with Crippen molar-refractivity contribution in [1.29, 1.82) is 0 Å². The van der Waals surface area contributed by atoms with Crippen LogP contribution in [0.3, 0.4) is 0 Å². The maximum absolute atomic E-state index is 4.62. The fraction of sp³-hybridized carbons (Fsp3) is 0.143. The number of benzene rings is 1. The average Bonchev–Trinajstić information content (AvgIpc) is 2.39. The minimum atomic E-state index is 0.664. The molecule has 0 radical (unpaired) electrons. The Labute approximate surface area is 100 Å². The minimum absolute atomic E-state index is 0.664. The molecule has 1 aromatic carbocycles. The van der Waals surface area contributed by atoms with E-state index in [0.717, 1.165) is 22.3 Å². The molecule has 0 bridgehead atoms. The Bertz CT molecular complexity index is 614. The van der Waals surface area contributed by atoms with Crippen LogP contribution in [0.4, 0.5) is 5.69 Å². The number of anilines is 1. The molecular formula is C14H13N3. The Morgan fingerprint density at radius 1 is 1.24 bits per heavy atom. The number of fused-ring (bicyclic) bond motifs is 1. The topological polar surface area (TPSA) is 28.5 Å². The van der Waals surface area contributed by atoms with Crippen molar-refractivity contribution < 1.29 is 0 Å². The average molecular weight is 223 g/mol. The van der Waals surface area contributed by atoms with Gasteiger partial charge in [-0.2, -0.15) is 0 Å². The highest BCUT2D eigenvalue weighted by Crippen LogP contribution is 2.24. The maximum atomic E-state index is 4.62. The molecule has 0 spiro atoms. The number of aryl methyl sites for hydroxylation is 1. The third kappa shape index (κ3) is 1.80. The van der Waals surface area contributed by atoms with Crippen molar-refractivity contribution in [2.24, 2.45) is 4.99 Å². The first-order chi connectivity index (χ1) is 8.34. The van der Waals surface area contributed by atoms with E-state index < -0.39 is 0 Å². The zero-order chi connectivity index (χ0) is 11.7. The Morgan fingerprint density at radius 3 is 2.94 bits per heavy atom. The van der Waals surface area contributed by atoms with Gasteiger partial charge in [-0.1, -0.05) is 18.2 Å². The van der Waals surface area contributed by atoms with Gasteiger partial charge in [0.25, 0.3) is 0 Å². The van der Waals surface area contributed by atoms with Gasteiger partial charge in [0.15, 0.2) is 0 Å². The summed E-state index contributed by atoms with van der Waals surface area (Å²) in [7, 11) is 0. The lowest BCUT2D eigenvalue weighted by atomic mass is 10.1. The number of aliphatic imine (C=N–C) groups is 1. The summed E-state index contributed by atoms with van der Waals surface area (Å²) in [6.45, 7) is 2.70. The van der Waals surface area contributed by atoms with E-state index in [0.29, 0.717) is 6.67 Å². The number of allylic oxidation sites excluding steroid dienone is 1. The van der Waals surface area contributed by atoms with Crippen LogP contribution >= 0.6 is 0 Å². The first-order valence-electron chi connectivity index (χ1n) is 5.64. The Morgan fingerprint density at radius 2 is 2.12 bits per heavy atom. The van der Waals surface area contributed by atoms with Gasteiger partial charge in [0.05, 0.1) is 16.9 Å². The van der Waals surface area contributed by atoms with Gasteiger partial charge in [0.1, 0.15) is 6.67 Å². The van der Waals surface area contributed by atoms with Crippen molar-refractivity contribution in [2.75, 3.05) is 11.6 Å². The normalized spacial score (nSPS) is 14.5. The zero-order valence-corrected chi connectivity index (χ0v) is 9.67. The number of para-hydroxylation sites is 1. The number of rotatable bonds is 1. The molecule has 0 saturated heterocycles. The predicted octanol–water partition coefficient (Wildman–Crippen LogP) is 2.91. The second-order valence-corrected chi connectivity index (χ2v) is 4.07. The molecule has 1 aliphatic rings. The van der Waals surface area contributed by atoms with Crippen molar-refractivity contribution in [3.8, 4) is 0 Å². The SMILES string of the molecule is Cc1nc2ccccc2cc1N1C=CC=NC1. The second-order valence-electron chi connectivity index (χ2n) is 4.07. The summed E-state index contributed by atoms with van der Waals surface area (Å²) in [5.74, 6) is 0. The number of aromatic nitrogens is 1. The van der Waals surface area contributed by atoms with Crippen molar-refractivity contribution in [3.63, 3.8) is 0 Å². The maximum Gasteiger partial charge on any atom is 0.114 e. The number of nitrogens with zero attached hydrogens (tertiary/aromatic N) is 3. The molecule has 3 heteroatoms. The summed E-state index contributed by atoms with van der Waals surface area (Å²) < 4.78 is 0. The van der Waals surface area contributed by atoms with Crippen LogP contribution in [0.1, 0.15) is 5.69 Å². The lowest BCUT2D eigenvalue weighted by Crippen LogP contribution is -2.19. The van der Waals surface area contributed by atoms with Gasteiger partial charge < -0.3 is 4.90 Å². The van der Waals surface area contributed by atoms with Crippen LogP contribution in [0.2, 0.25) is 0 Å². The van der Waals surface area contributed by atoms with Crippen molar-refractivity contribution in [3.05, 3.63) is 48.3 Å². The molecule has 2 heterocycles. The van der Waals surface area contributed by atoms with Crippen LogP contribution in [-0.2, 0) is 0 Å². The van der Waals surface area contributed by atoms with Crippen molar-refractivity contribution in [1.82, 2.24) is 4.98 Å². The fourth-order valence-electron chi connectivity index (χ4n) is 2.03. The lowest BCUT2D eigenvalue weighted by molar-refractivity contribution is 0.957. The van der Waals surface area contributed by atoms with Crippen LogP contribution in [0, 0.1) is 6.92 Å². The van der Waals surface area contributed by atoms with E-state index in [4.69, 9.17) is 0 Å². The predicted molar refractivity (Wildman–Crippen MR) is 71.5 cm³/mol. The van der Waals surface area contributed by atoms with E-state index in [1.165, 1.54) is 0 Å². The smallest absolute Gasteiger partial charge is 0.114 e. The summed E-state index contributed by atoms with van der Waals surface area (Å²) in [6, 6.07) is 10.3. The van der Waals surface area contributed by atoms with Crippen LogP contribution in [0.15, 0.2) is 47.6 Å². The van der Waals surface area contributed by atoms with E-state index >= 15 is 0 Å². The van der Waals surface area contributed by atoms with E-state index in [2.05, 4.69) is 27.0 Å². The Kier molecular flexibility index (Phi) is 2.37. The van der Waals surface area contributed by atoms with Gasteiger partial charge in [-0.15, -0.1) is 0 Å². The van der Waals surface area contributed by atoms with Gasteiger partial charge in [0.2, 0.25) is 0 Å². The quantitative estimate of drug-likeness (QED) is 0.743. The first kappa shape index (κ1) is 10.0. The molecule has 0 atom stereocenters. The molecule has 0 N–H and O–H groups in total. The molecule has 0 saturated carbocycles. The third-order valence-corrected chi connectivity index (χ3v) is 2.89. The number of hydrogen-bond acceptors (Lipinski definition) is 3. The van der Waals surface area contributed by atoms with Gasteiger partial charge in [0, 0.05) is 17.8 Å². The van der Waals surface area contributed by atoms with Gasteiger partial charge >= 0.3 is 0 Å². The van der Waals surface area contributed by atoms with Gasteiger partial charge in [-0.25, -0.2) is 0 Å². The molecule has 17 heavy (non-hydrogen) atoms. The second kappa shape index (κ2) is 4.01. The minimum Gasteiger partial charge on any atom is -0.326 e. The number of hydrogen-bond donors (Lipinski definition) is 0. The largest absolute Gasteiger partial charge is 0.326 e. The highest BCUT2D eigenvalue weighted by Gasteiger charge is 2.09. The van der Waals surface area contributed by atoms with E-state index in [9.17, 15) is 0 Å². The molecule has 1 aliphatic heterocycles. The lowest BCUT2D eigenvalue weighted by Gasteiger charge is -2.21. The van der Waals surface area contributed by atoms with E-state index in [-0.39, 0.29) is 0 Å². The molecule has 3 rings (SSSR count). The standard InChI is InChI=1S/C14H13N3/c1-11-14(17-8-4-7-15-10-17)9-12-5-2-3-6-13(12)16-11/h2-9H,10H2,1H3. The molecule has 2 aromatic rings. The van der Waals surface area contributed by atoms with Crippen LogP contribution < -0.4 is 4.90 Å². The fourth-order valence-corrected chi connectivity index (χ4v) is 2.03. The Hall–Kier alpha value is -2.16. The summed E-state index contributed by atoms with van der Waals surface area (Å²) in [4.78, 5) is 11.0. The van der Waals surface area contributed by atoms with Gasteiger partial charge in [-0.3, -0.25) is 9.98 Å². The summed E-state index contributed by atoms with van der Waals surface area (Å²) >= 11 is 0. The molecule has 0 fully saturated rings. The van der Waals surface area contributed by atoms with E-state index in [1.54, 1.807) is 0 Å². The monoisotopic (exact) mass is 223 g/mol. The van der Waals surface area contributed by atoms with E-state index in [1.807, 2.05) is 43.6 Å². The molecule has 0 unspecified atom stereocenters. The highest BCUT2D eigenvalue weighted by atomic mass is 15.2. The van der Waals surface area contributed by atoms with Crippen LogP contribution in [0.5, 0.6) is 0 Å². The van der Waals surface area contributed by atoms with Crippen molar-refractivity contribution >= 4 is 22.8 Å². The molecule has 1 aromatic heterocycles. The summed E-state index contributed by atoms with van der Waals surface area (Å²) in [5.41, 5.74) is 3.19.